The Hall–Kier alpha value is -1.83. The van der Waals surface area contributed by atoms with Gasteiger partial charge < -0.3 is 4.74 Å². The fourth-order valence-electron chi connectivity index (χ4n) is 2.49. The molecule has 4 nitrogen and oxygen atoms in total. The van der Waals surface area contributed by atoms with Gasteiger partial charge in [-0.2, -0.15) is 0 Å². The molecule has 27 heavy (non-hydrogen) atoms. The molecule has 1 aliphatic heterocycles. The topological polar surface area (TPSA) is 46.6 Å². The van der Waals surface area contributed by atoms with Gasteiger partial charge in [0.15, 0.2) is 0 Å². The van der Waals surface area contributed by atoms with E-state index in [4.69, 9.17) is 4.74 Å². The van der Waals surface area contributed by atoms with Gasteiger partial charge in [0.05, 0.1) is 11.4 Å². The summed E-state index contributed by atoms with van der Waals surface area (Å²) >= 11 is 7.81. The molecule has 7 heteroatoms. The molecule has 0 N–H and O–H groups in total. The SMILES string of the molecule is C=CCOc1ccc(Br)cc1/C=C1/SC(=O)N(Cc2ccccc2Br)C1=O. The number of hydrogen-bond acceptors (Lipinski definition) is 4. The van der Waals surface area contributed by atoms with Crippen LogP contribution in [0.1, 0.15) is 11.1 Å². The van der Waals surface area contributed by atoms with Crippen LogP contribution in [0.5, 0.6) is 5.75 Å². The first-order valence-corrected chi connectivity index (χ1v) is 10.4. The summed E-state index contributed by atoms with van der Waals surface area (Å²) in [5, 5.41) is -0.287. The monoisotopic (exact) mass is 507 g/mol. The number of rotatable bonds is 6. The molecular weight excluding hydrogens is 494 g/mol. The molecule has 138 valence electrons. The van der Waals surface area contributed by atoms with E-state index in [1.54, 1.807) is 12.2 Å². The molecule has 0 radical (unpaired) electrons. The molecule has 1 saturated heterocycles. The fourth-order valence-corrected chi connectivity index (χ4v) is 4.10. The summed E-state index contributed by atoms with van der Waals surface area (Å²) < 4.78 is 7.36. The van der Waals surface area contributed by atoms with Gasteiger partial charge in [0, 0.05) is 14.5 Å². The summed E-state index contributed by atoms with van der Waals surface area (Å²) in [6.07, 6.45) is 3.34. The maximum absolute atomic E-state index is 12.8. The van der Waals surface area contributed by atoms with Gasteiger partial charge in [-0.15, -0.1) is 0 Å². The normalized spacial score (nSPS) is 15.5. The van der Waals surface area contributed by atoms with Crippen LogP contribution in [-0.4, -0.2) is 22.7 Å². The van der Waals surface area contributed by atoms with E-state index >= 15 is 0 Å². The third-order valence-electron chi connectivity index (χ3n) is 3.78. The van der Waals surface area contributed by atoms with Crippen LogP contribution in [0, 0.1) is 0 Å². The van der Waals surface area contributed by atoms with E-state index in [2.05, 4.69) is 38.4 Å². The van der Waals surface area contributed by atoms with Crippen molar-refractivity contribution in [2.45, 2.75) is 6.54 Å². The molecule has 0 aromatic heterocycles. The van der Waals surface area contributed by atoms with E-state index in [9.17, 15) is 9.59 Å². The Morgan fingerprint density at radius 2 is 1.93 bits per heavy atom. The van der Waals surface area contributed by atoms with Crippen molar-refractivity contribution in [2.75, 3.05) is 6.61 Å². The van der Waals surface area contributed by atoms with Crippen LogP contribution in [0.25, 0.3) is 6.08 Å². The summed E-state index contributed by atoms with van der Waals surface area (Å²) in [6, 6.07) is 13.0. The highest BCUT2D eigenvalue weighted by Gasteiger charge is 2.35. The zero-order valence-corrected chi connectivity index (χ0v) is 18.1. The molecule has 0 atom stereocenters. The van der Waals surface area contributed by atoms with E-state index in [0.717, 1.165) is 31.8 Å². The van der Waals surface area contributed by atoms with Crippen LogP contribution >= 0.6 is 43.6 Å². The lowest BCUT2D eigenvalue weighted by atomic mass is 10.1. The van der Waals surface area contributed by atoms with Crippen molar-refractivity contribution in [3.05, 3.63) is 80.1 Å². The molecule has 2 aromatic carbocycles. The molecule has 1 aliphatic rings. The lowest BCUT2D eigenvalue weighted by molar-refractivity contribution is -0.123. The number of carbonyl (C=O) groups excluding carboxylic acids is 2. The van der Waals surface area contributed by atoms with Gasteiger partial charge >= 0.3 is 0 Å². The third-order valence-corrected chi connectivity index (χ3v) is 5.95. The summed E-state index contributed by atoms with van der Waals surface area (Å²) in [6.45, 7) is 4.22. The van der Waals surface area contributed by atoms with Crippen molar-refractivity contribution in [1.29, 1.82) is 0 Å². The summed E-state index contributed by atoms with van der Waals surface area (Å²) in [5.74, 6) is 0.311. The second-order valence-corrected chi connectivity index (χ2v) is 8.40. The van der Waals surface area contributed by atoms with Crippen molar-refractivity contribution in [2.24, 2.45) is 0 Å². The zero-order chi connectivity index (χ0) is 19.4. The number of hydrogen-bond donors (Lipinski definition) is 0. The predicted molar refractivity (Wildman–Crippen MR) is 115 cm³/mol. The molecule has 0 unspecified atom stereocenters. The van der Waals surface area contributed by atoms with E-state index < -0.39 is 0 Å². The Balaban J connectivity index is 1.87. The first kappa shape index (κ1) is 19.9. The Morgan fingerprint density at radius 3 is 2.67 bits per heavy atom. The highest BCUT2D eigenvalue weighted by atomic mass is 79.9. The maximum Gasteiger partial charge on any atom is 0.293 e. The van der Waals surface area contributed by atoms with Crippen LogP contribution in [0.15, 0.2) is 69.0 Å². The fraction of sp³-hybridized carbons (Fsp3) is 0.100. The molecule has 0 saturated carbocycles. The van der Waals surface area contributed by atoms with E-state index in [1.807, 2.05) is 42.5 Å². The molecule has 0 aliphatic carbocycles. The highest BCUT2D eigenvalue weighted by Crippen LogP contribution is 2.36. The second kappa shape index (κ2) is 8.91. The van der Waals surface area contributed by atoms with Crippen molar-refractivity contribution in [3.8, 4) is 5.75 Å². The molecule has 0 bridgehead atoms. The molecule has 3 rings (SSSR count). The number of benzene rings is 2. The van der Waals surface area contributed by atoms with Gasteiger partial charge in [0.2, 0.25) is 0 Å². The molecule has 2 aromatic rings. The van der Waals surface area contributed by atoms with Crippen LogP contribution in [0.4, 0.5) is 4.79 Å². The highest BCUT2D eigenvalue weighted by molar-refractivity contribution is 9.10. The number of amides is 2. The first-order chi connectivity index (χ1) is 13.0. The average molecular weight is 509 g/mol. The standard InChI is InChI=1S/C20H15Br2NO3S/c1-2-9-26-17-8-7-15(21)10-14(17)11-18-19(24)23(20(25)27-18)12-13-5-3-4-6-16(13)22/h2-8,10-11H,1,9,12H2/b18-11+. The minimum atomic E-state index is -0.310. The smallest absolute Gasteiger partial charge is 0.293 e. The van der Waals surface area contributed by atoms with Crippen molar-refractivity contribution in [3.63, 3.8) is 0 Å². The summed E-state index contributed by atoms with van der Waals surface area (Å²) in [5.41, 5.74) is 1.59. The van der Waals surface area contributed by atoms with Crippen LogP contribution in [0.3, 0.4) is 0 Å². The quantitative estimate of drug-likeness (QED) is 0.354. The maximum atomic E-state index is 12.8. The van der Waals surface area contributed by atoms with Crippen LogP contribution in [-0.2, 0) is 11.3 Å². The summed E-state index contributed by atoms with van der Waals surface area (Å²) in [4.78, 5) is 26.8. The van der Waals surface area contributed by atoms with Crippen LogP contribution < -0.4 is 4.74 Å². The number of carbonyl (C=O) groups is 2. The minimum Gasteiger partial charge on any atom is -0.489 e. The number of halogens is 2. The Kier molecular flexibility index (Phi) is 6.57. The minimum absolute atomic E-state index is 0.224. The second-order valence-electron chi connectivity index (χ2n) is 5.64. The van der Waals surface area contributed by atoms with Crippen molar-refractivity contribution in [1.82, 2.24) is 4.90 Å². The predicted octanol–water partition coefficient (Wildman–Crippen LogP) is 6.01. The van der Waals surface area contributed by atoms with E-state index in [1.165, 1.54) is 4.90 Å². The van der Waals surface area contributed by atoms with Gasteiger partial charge in [0.1, 0.15) is 12.4 Å². The largest absolute Gasteiger partial charge is 0.489 e. The average Bonchev–Trinajstić information content (AvgIpc) is 2.90. The van der Waals surface area contributed by atoms with Gasteiger partial charge in [-0.05, 0) is 47.7 Å². The molecular formula is C20H15Br2NO3S. The first-order valence-electron chi connectivity index (χ1n) is 8.01. The van der Waals surface area contributed by atoms with Crippen molar-refractivity contribution >= 4 is 60.8 Å². The number of thioether (sulfide) groups is 1. The molecule has 1 heterocycles. The van der Waals surface area contributed by atoms with Gasteiger partial charge in [-0.25, -0.2) is 0 Å². The van der Waals surface area contributed by atoms with Gasteiger partial charge in [0.25, 0.3) is 11.1 Å². The van der Waals surface area contributed by atoms with E-state index in [0.29, 0.717) is 17.3 Å². The zero-order valence-electron chi connectivity index (χ0n) is 14.2. The number of nitrogens with zero attached hydrogens (tertiary/aromatic N) is 1. The van der Waals surface area contributed by atoms with Crippen molar-refractivity contribution < 1.29 is 14.3 Å². The number of imide groups is 1. The lowest BCUT2D eigenvalue weighted by Gasteiger charge is -2.13. The molecule has 1 fully saturated rings. The Labute approximate surface area is 178 Å². The Morgan fingerprint density at radius 1 is 1.15 bits per heavy atom. The van der Waals surface area contributed by atoms with E-state index in [-0.39, 0.29) is 17.7 Å². The third kappa shape index (κ3) is 4.72. The summed E-state index contributed by atoms with van der Waals surface area (Å²) in [7, 11) is 0. The van der Waals surface area contributed by atoms with Crippen LogP contribution in [0.2, 0.25) is 0 Å². The molecule has 2 amide bonds. The number of ether oxygens (including phenoxy) is 1. The van der Waals surface area contributed by atoms with Gasteiger partial charge in [-0.3, -0.25) is 14.5 Å². The van der Waals surface area contributed by atoms with Gasteiger partial charge in [-0.1, -0.05) is 62.7 Å². The molecule has 0 spiro atoms. The lowest BCUT2D eigenvalue weighted by Crippen LogP contribution is -2.27. The Bertz CT molecular complexity index is 943.